The fourth-order valence-electron chi connectivity index (χ4n) is 2.05. The molecular formula is C10H18N5O7P. The maximum atomic E-state index is 11.5. The Balaban J connectivity index is 2.03. The standard InChI is InChI=1S/C10H18N5O7P/c1-2-21-23(19,20)13-3-5-6(16)7(17)10(22-5)15-4-12-9(14-15)8(11)18/h4-7,10,16-17H,2-3H2,1H3,(H2,11,18)(H2,13,19,20)/t5?,6-,7-,10?/m1/s1. The minimum Gasteiger partial charge on any atom is -0.387 e. The summed E-state index contributed by atoms with van der Waals surface area (Å²) in [6.45, 7) is 1.32. The van der Waals surface area contributed by atoms with E-state index in [4.69, 9.17) is 10.5 Å². The van der Waals surface area contributed by atoms with Crippen LogP contribution in [-0.2, 0) is 13.8 Å². The minimum atomic E-state index is -4.01. The highest BCUT2D eigenvalue weighted by Crippen LogP contribution is 2.37. The van der Waals surface area contributed by atoms with Crippen LogP contribution in [0.15, 0.2) is 6.33 Å². The van der Waals surface area contributed by atoms with Gasteiger partial charge in [-0.2, -0.15) is 0 Å². The number of primary amides is 1. The Morgan fingerprint density at radius 1 is 1.57 bits per heavy atom. The fourth-order valence-corrected chi connectivity index (χ4v) is 2.90. The molecular weight excluding hydrogens is 333 g/mol. The van der Waals surface area contributed by atoms with Crippen molar-refractivity contribution in [2.75, 3.05) is 13.2 Å². The summed E-state index contributed by atoms with van der Waals surface area (Å²) in [4.78, 5) is 24.0. The molecule has 5 atom stereocenters. The van der Waals surface area contributed by atoms with Crippen LogP contribution in [-0.4, -0.2) is 67.2 Å². The number of nitrogens with two attached hydrogens (primary N) is 1. The van der Waals surface area contributed by atoms with Crippen LogP contribution >= 0.6 is 7.75 Å². The highest BCUT2D eigenvalue weighted by atomic mass is 31.2. The van der Waals surface area contributed by atoms with Crippen LogP contribution in [0.5, 0.6) is 0 Å². The summed E-state index contributed by atoms with van der Waals surface area (Å²) in [6, 6.07) is 0. The topological polar surface area (TPSA) is 182 Å². The van der Waals surface area contributed by atoms with Gasteiger partial charge in [0.05, 0.1) is 6.61 Å². The molecule has 13 heteroatoms. The lowest BCUT2D eigenvalue weighted by Crippen LogP contribution is -2.37. The molecule has 2 heterocycles. The van der Waals surface area contributed by atoms with E-state index < -0.39 is 38.2 Å². The Morgan fingerprint density at radius 2 is 2.26 bits per heavy atom. The van der Waals surface area contributed by atoms with Gasteiger partial charge in [0.15, 0.2) is 6.23 Å². The van der Waals surface area contributed by atoms with Crippen LogP contribution < -0.4 is 10.8 Å². The van der Waals surface area contributed by atoms with Gasteiger partial charge in [0, 0.05) is 6.54 Å². The van der Waals surface area contributed by atoms with Gasteiger partial charge in [-0.1, -0.05) is 0 Å². The molecule has 23 heavy (non-hydrogen) atoms. The van der Waals surface area contributed by atoms with Crippen LogP contribution in [0.25, 0.3) is 0 Å². The van der Waals surface area contributed by atoms with Crippen molar-refractivity contribution in [3.63, 3.8) is 0 Å². The third kappa shape index (κ3) is 4.12. The van der Waals surface area contributed by atoms with E-state index in [0.29, 0.717) is 0 Å². The molecule has 2 rings (SSSR count). The van der Waals surface area contributed by atoms with E-state index in [1.165, 1.54) is 0 Å². The van der Waals surface area contributed by atoms with Gasteiger partial charge in [-0.05, 0) is 6.92 Å². The summed E-state index contributed by atoms with van der Waals surface area (Å²) >= 11 is 0. The first-order chi connectivity index (χ1) is 10.7. The van der Waals surface area contributed by atoms with Gasteiger partial charge in [-0.3, -0.25) is 9.32 Å². The number of aliphatic hydroxyl groups is 2. The van der Waals surface area contributed by atoms with Crippen molar-refractivity contribution in [1.82, 2.24) is 19.9 Å². The average Bonchev–Trinajstić information content (AvgIpc) is 3.04. The van der Waals surface area contributed by atoms with Gasteiger partial charge in [0.25, 0.3) is 5.91 Å². The van der Waals surface area contributed by atoms with E-state index >= 15 is 0 Å². The highest BCUT2D eigenvalue weighted by molar-refractivity contribution is 7.50. The normalized spacial score (nSPS) is 30.3. The summed E-state index contributed by atoms with van der Waals surface area (Å²) in [6.07, 6.45) is -3.74. The molecule has 1 fully saturated rings. The molecule has 6 N–H and O–H groups in total. The molecule has 3 unspecified atom stereocenters. The molecule has 0 bridgehead atoms. The SMILES string of the molecule is CCOP(=O)(O)NCC1OC(n2cnc(C(N)=O)n2)[C@H](O)[C@@H]1O. The van der Waals surface area contributed by atoms with E-state index in [0.717, 1.165) is 11.0 Å². The Labute approximate surface area is 130 Å². The van der Waals surface area contributed by atoms with Crippen molar-refractivity contribution in [1.29, 1.82) is 0 Å². The lowest BCUT2D eigenvalue weighted by molar-refractivity contribution is -0.0431. The van der Waals surface area contributed by atoms with Gasteiger partial charge in [0.2, 0.25) is 5.82 Å². The Hall–Kier alpha value is -1.40. The molecule has 0 aromatic carbocycles. The second kappa shape index (κ2) is 7.01. The second-order valence-corrected chi connectivity index (χ2v) is 6.37. The molecule has 0 spiro atoms. The molecule has 130 valence electrons. The molecule has 0 saturated carbocycles. The Morgan fingerprint density at radius 3 is 2.83 bits per heavy atom. The predicted molar refractivity (Wildman–Crippen MR) is 73.9 cm³/mol. The van der Waals surface area contributed by atoms with Crippen LogP contribution in [0.3, 0.4) is 0 Å². The van der Waals surface area contributed by atoms with Crippen molar-refractivity contribution in [3.8, 4) is 0 Å². The number of rotatable bonds is 7. The van der Waals surface area contributed by atoms with Crippen molar-refractivity contribution in [3.05, 3.63) is 12.2 Å². The Kier molecular flexibility index (Phi) is 5.47. The first kappa shape index (κ1) is 17.9. The van der Waals surface area contributed by atoms with E-state index in [9.17, 15) is 24.5 Å². The minimum absolute atomic E-state index is 0.0228. The molecule has 1 amide bonds. The zero-order valence-electron chi connectivity index (χ0n) is 12.1. The number of nitrogens with one attached hydrogen (secondary N) is 1. The van der Waals surface area contributed by atoms with Crippen LogP contribution in [0.2, 0.25) is 0 Å². The van der Waals surface area contributed by atoms with Gasteiger partial charge >= 0.3 is 7.75 Å². The van der Waals surface area contributed by atoms with Crippen LogP contribution in [0.4, 0.5) is 0 Å². The number of aliphatic hydroxyl groups excluding tert-OH is 2. The average molecular weight is 351 g/mol. The smallest absolute Gasteiger partial charge is 0.387 e. The first-order valence-corrected chi connectivity index (χ1v) is 8.28. The summed E-state index contributed by atoms with van der Waals surface area (Å²) in [7, 11) is -4.01. The number of carbonyl (C=O) groups is 1. The Bertz CT molecular complexity index is 610. The molecule has 1 aliphatic heterocycles. The predicted octanol–water partition coefficient (Wildman–Crippen LogP) is -2.28. The number of hydrogen-bond acceptors (Lipinski definition) is 8. The molecule has 1 saturated heterocycles. The third-order valence-electron chi connectivity index (χ3n) is 3.12. The fraction of sp³-hybridized carbons (Fsp3) is 0.700. The molecule has 12 nitrogen and oxygen atoms in total. The van der Waals surface area contributed by atoms with Crippen LogP contribution in [0, 0.1) is 0 Å². The second-order valence-electron chi connectivity index (χ2n) is 4.76. The van der Waals surface area contributed by atoms with Crippen molar-refractivity contribution >= 4 is 13.7 Å². The molecule has 0 aliphatic carbocycles. The first-order valence-electron chi connectivity index (χ1n) is 6.70. The lowest BCUT2D eigenvalue weighted by Gasteiger charge is -2.17. The van der Waals surface area contributed by atoms with E-state index in [1.54, 1.807) is 6.92 Å². The van der Waals surface area contributed by atoms with Gasteiger partial charge in [-0.15, -0.1) is 5.10 Å². The maximum absolute atomic E-state index is 11.5. The van der Waals surface area contributed by atoms with Crippen molar-refractivity contribution < 1.29 is 33.7 Å². The zero-order valence-corrected chi connectivity index (χ0v) is 13.0. The quantitative estimate of drug-likeness (QED) is 0.336. The maximum Gasteiger partial charge on any atom is 0.403 e. The summed E-state index contributed by atoms with van der Waals surface area (Å²) in [5, 5.41) is 25.9. The zero-order chi connectivity index (χ0) is 17.2. The van der Waals surface area contributed by atoms with Gasteiger partial charge in [-0.25, -0.2) is 19.3 Å². The number of aromatic nitrogens is 3. The van der Waals surface area contributed by atoms with E-state index in [2.05, 4.69) is 19.7 Å². The van der Waals surface area contributed by atoms with Crippen molar-refractivity contribution in [2.45, 2.75) is 31.5 Å². The highest BCUT2D eigenvalue weighted by Gasteiger charge is 2.44. The molecule has 0 radical (unpaired) electrons. The molecule has 1 aromatic heterocycles. The lowest BCUT2D eigenvalue weighted by atomic mass is 10.1. The van der Waals surface area contributed by atoms with Crippen molar-refractivity contribution in [2.24, 2.45) is 5.73 Å². The molecule has 1 aromatic rings. The summed E-state index contributed by atoms with van der Waals surface area (Å²) < 4.78 is 22.6. The molecule has 1 aliphatic rings. The monoisotopic (exact) mass is 351 g/mol. The third-order valence-corrected chi connectivity index (χ3v) is 4.31. The van der Waals surface area contributed by atoms with E-state index in [-0.39, 0.29) is 19.0 Å². The van der Waals surface area contributed by atoms with Gasteiger partial charge < -0.3 is 25.6 Å². The number of hydrogen-bond donors (Lipinski definition) is 5. The largest absolute Gasteiger partial charge is 0.403 e. The van der Waals surface area contributed by atoms with Crippen LogP contribution in [0.1, 0.15) is 23.8 Å². The summed E-state index contributed by atoms with van der Waals surface area (Å²) in [5.41, 5.74) is 5.03. The number of amides is 1. The van der Waals surface area contributed by atoms with E-state index in [1.807, 2.05) is 0 Å². The van der Waals surface area contributed by atoms with Gasteiger partial charge in [0.1, 0.15) is 24.6 Å². The summed E-state index contributed by atoms with van der Waals surface area (Å²) in [5.74, 6) is -1.12. The number of ether oxygens (including phenoxy) is 1. The number of nitrogens with zero attached hydrogens (tertiary/aromatic N) is 3. The number of carbonyl (C=O) groups excluding carboxylic acids is 1.